The molecule has 0 bridgehead atoms. The van der Waals surface area contributed by atoms with E-state index in [0.29, 0.717) is 24.2 Å². The van der Waals surface area contributed by atoms with Gasteiger partial charge in [0.2, 0.25) is 5.91 Å². The van der Waals surface area contributed by atoms with Crippen LogP contribution in [0.1, 0.15) is 52.0 Å². The van der Waals surface area contributed by atoms with Gasteiger partial charge in [0, 0.05) is 31.4 Å². The van der Waals surface area contributed by atoms with Crippen LogP contribution in [0, 0.1) is 11.8 Å². The summed E-state index contributed by atoms with van der Waals surface area (Å²) in [6.07, 6.45) is 7.05. The van der Waals surface area contributed by atoms with Crippen LogP contribution in [0.2, 0.25) is 0 Å². The van der Waals surface area contributed by atoms with Crippen molar-refractivity contribution >= 4 is 17.7 Å². The standard InChI is InChI=1S/C22H23N3O3/c26-20(24-13-15-9-11-23-12-10-15)17-6-2-1-5-16(17)14-25-21(27)18-7-3-4-8-19(18)22(25)28/h3-4,7-12,16-17H,1-2,5-6,13-14H2,(H,24,26). The lowest BCUT2D eigenvalue weighted by Gasteiger charge is -2.32. The van der Waals surface area contributed by atoms with Crippen LogP contribution in [0.25, 0.3) is 0 Å². The van der Waals surface area contributed by atoms with Gasteiger partial charge in [-0.1, -0.05) is 25.0 Å². The van der Waals surface area contributed by atoms with Crippen LogP contribution >= 0.6 is 0 Å². The molecule has 28 heavy (non-hydrogen) atoms. The Labute approximate surface area is 164 Å². The molecule has 6 nitrogen and oxygen atoms in total. The Bertz CT molecular complexity index is 862. The fourth-order valence-electron chi connectivity index (χ4n) is 4.23. The lowest BCUT2D eigenvalue weighted by atomic mass is 9.78. The summed E-state index contributed by atoms with van der Waals surface area (Å²) in [6, 6.07) is 10.7. The molecule has 0 spiro atoms. The van der Waals surface area contributed by atoms with E-state index in [4.69, 9.17) is 0 Å². The molecular formula is C22H23N3O3. The van der Waals surface area contributed by atoms with Gasteiger partial charge in [-0.2, -0.15) is 0 Å². The molecule has 144 valence electrons. The summed E-state index contributed by atoms with van der Waals surface area (Å²) in [5.41, 5.74) is 1.92. The highest BCUT2D eigenvalue weighted by Crippen LogP contribution is 2.33. The van der Waals surface area contributed by atoms with Gasteiger partial charge in [0.05, 0.1) is 11.1 Å². The first-order valence-corrected chi connectivity index (χ1v) is 9.77. The van der Waals surface area contributed by atoms with E-state index >= 15 is 0 Å². The highest BCUT2D eigenvalue weighted by atomic mass is 16.2. The lowest BCUT2D eigenvalue weighted by molar-refractivity contribution is -0.128. The first-order chi connectivity index (χ1) is 13.6. The van der Waals surface area contributed by atoms with Gasteiger partial charge in [-0.25, -0.2) is 0 Å². The van der Waals surface area contributed by atoms with Gasteiger partial charge in [-0.15, -0.1) is 0 Å². The lowest BCUT2D eigenvalue weighted by Crippen LogP contribution is -2.43. The smallest absolute Gasteiger partial charge is 0.261 e. The summed E-state index contributed by atoms with van der Waals surface area (Å²) in [4.78, 5) is 43.5. The predicted molar refractivity (Wildman–Crippen MR) is 103 cm³/mol. The van der Waals surface area contributed by atoms with Crippen LogP contribution in [-0.4, -0.2) is 34.2 Å². The maximum atomic E-state index is 12.8. The normalized spacial score (nSPS) is 21.5. The first-order valence-electron chi connectivity index (χ1n) is 9.77. The second-order valence-electron chi connectivity index (χ2n) is 7.49. The molecule has 0 saturated heterocycles. The van der Waals surface area contributed by atoms with Gasteiger partial charge in [-0.05, 0) is 48.6 Å². The second kappa shape index (κ2) is 7.92. The zero-order valence-corrected chi connectivity index (χ0v) is 15.6. The minimum atomic E-state index is -0.248. The van der Waals surface area contributed by atoms with Crippen molar-refractivity contribution in [3.05, 3.63) is 65.5 Å². The predicted octanol–water partition coefficient (Wildman–Crippen LogP) is 2.80. The molecular weight excluding hydrogens is 354 g/mol. The van der Waals surface area contributed by atoms with E-state index in [2.05, 4.69) is 10.3 Å². The van der Waals surface area contributed by atoms with Gasteiger partial charge in [0.15, 0.2) is 0 Å². The van der Waals surface area contributed by atoms with E-state index in [1.54, 1.807) is 36.7 Å². The van der Waals surface area contributed by atoms with Gasteiger partial charge in [0.25, 0.3) is 11.8 Å². The van der Waals surface area contributed by atoms with Crippen molar-refractivity contribution in [3.63, 3.8) is 0 Å². The molecule has 2 aliphatic rings. The maximum absolute atomic E-state index is 12.8. The van der Waals surface area contributed by atoms with Crippen molar-refractivity contribution in [2.24, 2.45) is 11.8 Å². The summed E-state index contributed by atoms with van der Waals surface area (Å²) in [5, 5.41) is 3.01. The third kappa shape index (κ3) is 3.54. The van der Waals surface area contributed by atoms with Crippen LogP contribution in [0.5, 0.6) is 0 Å². The van der Waals surface area contributed by atoms with Crippen LogP contribution in [0.3, 0.4) is 0 Å². The number of aromatic nitrogens is 1. The SMILES string of the molecule is O=C(NCc1ccncc1)C1CCCCC1CN1C(=O)c2ccccc2C1=O. The number of carbonyl (C=O) groups is 3. The summed E-state index contributed by atoms with van der Waals surface area (Å²) in [7, 11) is 0. The number of imide groups is 1. The number of amides is 3. The molecule has 2 heterocycles. The number of hydrogen-bond acceptors (Lipinski definition) is 4. The molecule has 4 rings (SSSR count). The molecule has 0 radical (unpaired) electrons. The third-order valence-corrected chi connectivity index (χ3v) is 5.76. The molecule has 2 aromatic rings. The molecule has 1 saturated carbocycles. The van der Waals surface area contributed by atoms with Crippen LogP contribution in [-0.2, 0) is 11.3 Å². The summed E-state index contributed by atoms with van der Waals surface area (Å²) < 4.78 is 0. The molecule has 3 amide bonds. The monoisotopic (exact) mass is 377 g/mol. The topological polar surface area (TPSA) is 79.4 Å². The molecule has 1 aliphatic heterocycles. The Morgan fingerprint density at radius 1 is 1.00 bits per heavy atom. The molecule has 1 aromatic heterocycles. The number of nitrogens with zero attached hydrogens (tertiary/aromatic N) is 2. The molecule has 1 aliphatic carbocycles. The van der Waals surface area contributed by atoms with Gasteiger partial charge >= 0.3 is 0 Å². The summed E-state index contributed by atoms with van der Waals surface area (Å²) in [5.74, 6) is -0.685. The molecule has 1 fully saturated rings. The largest absolute Gasteiger partial charge is 0.352 e. The number of carbonyl (C=O) groups excluding carboxylic acids is 3. The Kier molecular flexibility index (Phi) is 5.19. The Morgan fingerprint density at radius 2 is 1.64 bits per heavy atom. The Hall–Kier alpha value is -3.02. The number of pyridine rings is 1. The zero-order valence-electron chi connectivity index (χ0n) is 15.6. The molecule has 6 heteroatoms. The van der Waals surface area contributed by atoms with Crippen LogP contribution < -0.4 is 5.32 Å². The van der Waals surface area contributed by atoms with Gasteiger partial charge in [0.1, 0.15) is 0 Å². The van der Waals surface area contributed by atoms with Crippen molar-refractivity contribution in [2.75, 3.05) is 6.54 Å². The van der Waals surface area contributed by atoms with Gasteiger partial charge in [-0.3, -0.25) is 24.3 Å². The number of rotatable bonds is 5. The fourth-order valence-corrected chi connectivity index (χ4v) is 4.23. The number of benzene rings is 1. The van der Waals surface area contributed by atoms with E-state index in [1.165, 1.54) is 4.90 Å². The van der Waals surface area contributed by atoms with Gasteiger partial charge < -0.3 is 5.32 Å². The third-order valence-electron chi connectivity index (χ3n) is 5.76. The van der Waals surface area contributed by atoms with Crippen molar-refractivity contribution in [3.8, 4) is 0 Å². The summed E-state index contributed by atoms with van der Waals surface area (Å²) >= 11 is 0. The molecule has 1 N–H and O–H groups in total. The Balaban J connectivity index is 1.44. The number of nitrogens with one attached hydrogen (secondary N) is 1. The fraction of sp³-hybridized carbons (Fsp3) is 0.364. The zero-order chi connectivity index (χ0) is 19.5. The molecule has 2 atom stereocenters. The number of hydrogen-bond donors (Lipinski definition) is 1. The maximum Gasteiger partial charge on any atom is 0.261 e. The summed E-state index contributed by atoms with van der Waals surface area (Å²) in [6.45, 7) is 0.761. The van der Waals surface area contributed by atoms with Crippen molar-refractivity contribution < 1.29 is 14.4 Å². The van der Waals surface area contributed by atoms with E-state index in [1.807, 2.05) is 12.1 Å². The van der Waals surface area contributed by atoms with Crippen LogP contribution in [0.4, 0.5) is 0 Å². The van der Waals surface area contributed by atoms with Crippen molar-refractivity contribution in [1.82, 2.24) is 15.2 Å². The van der Waals surface area contributed by atoms with E-state index in [9.17, 15) is 14.4 Å². The van der Waals surface area contributed by atoms with E-state index in [0.717, 1.165) is 31.2 Å². The van der Waals surface area contributed by atoms with E-state index in [-0.39, 0.29) is 29.6 Å². The van der Waals surface area contributed by atoms with Crippen LogP contribution in [0.15, 0.2) is 48.8 Å². The quantitative estimate of drug-likeness (QED) is 0.813. The van der Waals surface area contributed by atoms with Crippen molar-refractivity contribution in [1.29, 1.82) is 0 Å². The highest BCUT2D eigenvalue weighted by molar-refractivity contribution is 6.21. The van der Waals surface area contributed by atoms with Crippen molar-refractivity contribution in [2.45, 2.75) is 32.2 Å². The number of fused-ring (bicyclic) bond motifs is 1. The molecule has 2 unspecified atom stereocenters. The Morgan fingerprint density at radius 3 is 2.32 bits per heavy atom. The highest BCUT2D eigenvalue weighted by Gasteiger charge is 2.39. The minimum Gasteiger partial charge on any atom is -0.352 e. The molecule has 1 aromatic carbocycles. The minimum absolute atomic E-state index is 0.00174. The first kappa shape index (κ1) is 18.3. The van der Waals surface area contributed by atoms with E-state index < -0.39 is 0 Å². The second-order valence-corrected chi connectivity index (χ2v) is 7.49. The average molecular weight is 377 g/mol. The average Bonchev–Trinajstić information content (AvgIpc) is 2.98.